The van der Waals surface area contributed by atoms with Gasteiger partial charge in [0.2, 0.25) is 0 Å². The highest BCUT2D eigenvalue weighted by atomic mass is 79.9. The molecule has 0 aliphatic heterocycles. The molecule has 0 spiro atoms. The van der Waals surface area contributed by atoms with Crippen LogP contribution in [0.3, 0.4) is 0 Å². The maximum Gasteiger partial charge on any atom is 0.0443 e. The van der Waals surface area contributed by atoms with E-state index in [0.717, 1.165) is 24.0 Å². The Labute approximate surface area is 93.5 Å². The number of aliphatic hydroxyl groups excluding tert-OH is 1. The Balaban J connectivity index is 2.47. The SMILES string of the molecule is CN(CCCO)Cc1cc(Br)cn1C. The van der Waals surface area contributed by atoms with Crippen LogP contribution in [0, 0.1) is 0 Å². The summed E-state index contributed by atoms with van der Waals surface area (Å²) in [7, 11) is 4.11. The van der Waals surface area contributed by atoms with Gasteiger partial charge in [0.15, 0.2) is 0 Å². The molecule has 1 aromatic heterocycles. The Bertz CT molecular complexity index is 286. The van der Waals surface area contributed by atoms with E-state index in [0.29, 0.717) is 0 Å². The van der Waals surface area contributed by atoms with Crippen LogP contribution in [0.1, 0.15) is 12.1 Å². The summed E-state index contributed by atoms with van der Waals surface area (Å²) in [5.74, 6) is 0. The van der Waals surface area contributed by atoms with Crippen molar-refractivity contribution in [2.45, 2.75) is 13.0 Å². The number of aryl methyl sites for hydroxylation is 1. The van der Waals surface area contributed by atoms with Gasteiger partial charge >= 0.3 is 0 Å². The molecule has 1 heterocycles. The lowest BCUT2D eigenvalue weighted by Crippen LogP contribution is -2.21. The fraction of sp³-hybridized carbons (Fsp3) is 0.600. The van der Waals surface area contributed by atoms with Crippen molar-refractivity contribution in [3.05, 3.63) is 22.4 Å². The highest BCUT2D eigenvalue weighted by molar-refractivity contribution is 9.10. The second kappa shape index (κ2) is 5.53. The number of aliphatic hydroxyl groups is 1. The van der Waals surface area contributed by atoms with E-state index in [4.69, 9.17) is 5.11 Å². The maximum absolute atomic E-state index is 8.70. The number of hydrogen-bond donors (Lipinski definition) is 1. The molecule has 0 unspecified atom stereocenters. The average molecular weight is 261 g/mol. The lowest BCUT2D eigenvalue weighted by molar-refractivity contribution is 0.242. The molecule has 3 nitrogen and oxygen atoms in total. The predicted molar refractivity (Wildman–Crippen MR) is 61.1 cm³/mol. The van der Waals surface area contributed by atoms with Gasteiger partial charge in [-0.15, -0.1) is 0 Å². The van der Waals surface area contributed by atoms with Gasteiger partial charge in [-0.1, -0.05) is 0 Å². The molecule has 1 N–H and O–H groups in total. The largest absolute Gasteiger partial charge is 0.396 e. The third-order valence-corrected chi connectivity index (χ3v) is 2.64. The Morgan fingerprint density at radius 1 is 1.57 bits per heavy atom. The standard InChI is InChI=1S/C10H17BrN2O/c1-12(4-3-5-14)8-10-6-9(11)7-13(10)2/h6-7,14H,3-5,8H2,1-2H3. The average Bonchev–Trinajstić information content (AvgIpc) is 2.42. The van der Waals surface area contributed by atoms with E-state index in [1.807, 2.05) is 7.05 Å². The number of aromatic nitrogens is 1. The van der Waals surface area contributed by atoms with E-state index >= 15 is 0 Å². The smallest absolute Gasteiger partial charge is 0.0443 e. The molecule has 0 radical (unpaired) electrons. The van der Waals surface area contributed by atoms with Crippen molar-refractivity contribution in [2.75, 3.05) is 20.2 Å². The Morgan fingerprint density at radius 3 is 2.79 bits per heavy atom. The zero-order chi connectivity index (χ0) is 10.6. The number of rotatable bonds is 5. The second-order valence-corrected chi connectivity index (χ2v) is 4.49. The van der Waals surface area contributed by atoms with Crippen LogP contribution in [0.4, 0.5) is 0 Å². The third-order valence-electron chi connectivity index (χ3n) is 2.20. The fourth-order valence-corrected chi connectivity index (χ4v) is 1.99. The summed E-state index contributed by atoms with van der Waals surface area (Å²) in [6.07, 6.45) is 2.89. The normalized spacial score (nSPS) is 11.2. The number of nitrogens with zero attached hydrogens (tertiary/aromatic N) is 2. The summed E-state index contributed by atoms with van der Waals surface area (Å²) in [5.41, 5.74) is 1.28. The van der Waals surface area contributed by atoms with Crippen molar-refractivity contribution in [3.8, 4) is 0 Å². The topological polar surface area (TPSA) is 28.4 Å². The molecular formula is C10H17BrN2O. The summed E-state index contributed by atoms with van der Waals surface area (Å²) in [5, 5.41) is 8.70. The first kappa shape index (κ1) is 11.8. The molecule has 80 valence electrons. The molecule has 0 aromatic carbocycles. The van der Waals surface area contributed by atoms with Crippen molar-refractivity contribution in [1.29, 1.82) is 0 Å². The van der Waals surface area contributed by atoms with E-state index in [1.54, 1.807) is 0 Å². The van der Waals surface area contributed by atoms with Crippen LogP contribution in [-0.2, 0) is 13.6 Å². The summed E-state index contributed by atoms with van der Waals surface area (Å²) < 4.78 is 3.23. The van der Waals surface area contributed by atoms with Gasteiger partial charge in [-0.3, -0.25) is 0 Å². The van der Waals surface area contributed by atoms with Crippen molar-refractivity contribution in [2.24, 2.45) is 7.05 Å². The molecule has 0 aliphatic carbocycles. The van der Waals surface area contributed by atoms with Crippen LogP contribution in [-0.4, -0.2) is 34.8 Å². The minimum atomic E-state index is 0.265. The summed E-state index contributed by atoms with van der Waals surface area (Å²) in [4.78, 5) is 2.21. The minimum absolute atomic E-state index is 0.265. The Kier molecular flexibility index (Phi) is 4.65. The lowest BCUT2D eigenvalue weighted by Gasteiger charge is -2.16. The van der Waals surface area contributed by atoms with Crippen LogP contribution < -0.4 is 0 Å². The Hall–Kier alpha value is -0.320. The van der Waals surface area contributed by atoms with Gasteiger partial charge in [-0.05, 0) is 35.5 Å². The zero-order valence-electron chi connectivity index (χ0n) is 8.70. The lowest BCUT2D eigenvalue weighted by atomic mass is 10.3. The first-order chi connectivity index (χ1) is 6.63. The van der Waals surface area contributed by atoms with Crippen molar-refractivity contribution >= 4 is 15.9 Å². The van der Waals surface area contributed by atoms with Crippen LogP contribution in [0.25, 0.3) is 0 Å². The Morgan fingerprint density at radius 2 is 2.29 bits per heavy atom. The first-order valence-electron chi connectivity index (χ1n) is 4.73. The van der Waals surface area contributed by atoms with Gasteiger partial charge in [0, 0.05) is 43.1 Å². The van der Waals surface area contributed by atoms with Crippen LogP contribution >= 0.6 is 15.9 Å². The number of halogens is 1. The summed E-state index contributed by atoms with van der Waals surface area (Å²) in [6, 6.07) is 2.12. The third kappa shape index (κ3) is 3.44. The van der Waals surface area contributed by atoms with Gasteiger partial charge in [0.05, 0.1) is 0 Å². The molecule has 0 amide bonds. The van der Waals surface area contributed by atoms with E-state index < -0.39 is 0 Å². The van der Waals surface area contributed by atoms with Gasteiger partial charge in [-0.2, -0.15) is 0 Å². The maximum atomic E-state index is 8.70. The molecule has 0 aliphatic rings. The number of hydrogen-bond acceptors (Lipinski definition) is 2. The molecule has 0 saturated heterocycles. The van der Waals surface area contributed by atoms with Crippen molar-refractivity contribution < 1.29 is 5.11 Å². The summed E-state index contributed by atoms with van der Waals surface area (Å²) in [6.45, 7) is 2.11. The van der Waals surface area contributed by atoms with Crippen molar-refractivity contribution in [1.82, 2.24) is 9.47 Å². The highest BCUT2D eigenvalue weighted by Gasteiger charge is 2.04. The first-order valence-corrected chi connectivity index (χ1v) is 5.53. The van der Waals surface area contributed by atoms with Crippen LogP contribution in [0.15, 0.2) is 16.7 Å². The fourth-order valence-electron chi connectivity index (χ4n) is 1.42. The van der Waals surface area contributed by atoms with Gasteiger partial charge in [-0.25, -0.2) is 0 Å². The van der Waals surface area contributed by atoms with E-state index in [1.165, 1.54) is 5.69 Å². The van der Waals surface area contributed by atoms with Crippen LogP contribution in [0.5, 0.6) is 0 Å². The monoisotopic (exact) mass is 260 g/mol. The van der Waals surface area contributed by atoms with Gasteiger partial charge in [0.25, 0.3) is 0 Å². The molecule has 0 atom stereocenters. The highest BCUT2D eigenvalue weighted by Crippen LogP contribution is 2.14. The van der Waals surface area contributed by atoms with Crippen molar-refractivity contribution in [3.63, 3.8) is 0 Å². The molecule has 0 saturated carbocycles. The quantitative estimate of drug-likeness (QED) is 0.872. The van der Waals surface area contributed by atoms with Crippen LogP contribution in [0.2, 0.25) is 0 Å². The molecule has 0 fully saturated rings. The molecule has 1 rings (SSSR count). The molecular weight excluding hydrogens is 244 g/mol. The van der Waals surface area contributed by atoms with E-state index in [2.05, 4.69) is 44.7 Å². The van der Waals surface area contributed by atoms with Gasteiger partial charge in [0.1, 0.15) is 0 Å². The zero-order valence-corrected chi connectivity index (χ0v) is 10.3. The van der Waals surface area contributed by atoms with Gasteiger partial charge < -0.3 is 14.6 Å². The molecule has 0 bridgehead atoms. The molecule has 1 aromatic rings. The molecule has 4 heteroatoms. The van der Waals surface area contributed by atoms with E-state index in [-0.39, 0.29) is 6.61 Å². The van der Waals surface area contributed by atoms with E-state index in [9.17, 15) is 0 Å². The second-order valence-electron chi connectivity index (χ2n) is 3.58. The predicted octanol–water partition coefficient (Wildman–Crippen LogP) is 1.60. The summed E-state index contributed by atoms with van der Waals surface area (Å²) >= 11 is 3.45. The minimum Gasteiger partial charge on any atom is -0.396 e. The molecule has 14 heavy (non-hydrogen) atoms.